The van der Waals surface area contributed by atoms with Crippen molar-refractivity contribution in [3.63, 3.8) is 0 Å². The first-order valence-electron chi connectivity index (χ1n) is 4.34. The maximum Gasteiger partial charge on any atom is 1.00 e. The van der Waals surface area contributed by atoms with Crippen LogP contribution >= 0.6 is 0 Å². The van der Waals surface area contributed by atoms with Crippen LogP contribution in [-0.4, -0.2) is 16.1 Å². The molecule has 5 nitrogen and oxygen atoms in total. The van der Waals surface area contributed by atoms with E-state index in [0.29, 0.717) is 17.0 Å². The first-order chi connectivity index (χ1) is 7.09. The summed E-state index contributed by atoms with van der Waals surface area (Å²) in [6.07, 6.45) is -1.68. The fourth-order valence-electron chi connectivity index (χ4n) is 1.43. The number of aryl methyl sites for hydroxylation is 1. The largest absolute Gasteiger partial charge is 1.00 e. The second-order valence-electron chi connectivity index (χ2n) is 3.15. The molecule has 1 heterocycles. The Balaban J connectivity index is 0.00000128. The van der Waals surface area contributed by atoms with Gasteiger partial charge in [-0.3, -0.25) is 0 Å². The Labute approximate surface area is 103 Å². The molecule has 6 heteroatoms. The fraction of sp³-hybridized carbons (Fsp3) is 0.200. The van der Waals surface area contributed by atoms with Crippen LogP contribution in [0.4, 0.5) is 0 Å². The van der Waals surface area contributed by atoms with Gasteiger partial charge < -0.3 is 19.4 Å². The van der Waals surface area contributed by atoms with Gasteiger partial charge in [0.2, 0.25) is 0 Å². The van der Waals surface area contributed by atoms with E-state index in [0.717, 1.165) is 0 Å². The molecule has 1 aromatic carbocycles. The van der Waals surface area contributed by atoms with Crippen molar-refractivity contribution in [1.82, 2.24) is 4.98 Å². The Hall–Kier alpha value is -1.28. The third kappa shape index (κ3) is 2.12. The van der Waals surface area contributed by atoms with E-state index in [1.807, 2.05) is 0 Å². The number of carbonyl (C=O) groups is 1. The van der Waals surface area contributed by atoms with Crippen molar-refractivity contribution in [2.24, 2.45) is 0 Å². The molecule has 16 heavy (non-hydrogen) atoms. The number of rotatable bonds is 2. The molecule has 1 N–H and O–H groups in total. The van der Waals surface area contributed by atoms with E-state index in [2.05, 4.69) is 4.98 Å². The van der Waals surface area contributed by atoms with Crippen molar-refractivity contribution >= 4 is 17.1 Å². The predicted octanol–water partition coefficient (Wildman–Crippen LogP) is -3.08. The summed E-state index contributed by atoms with van der Waals surface area (Å²) >= 11 is 0. The number of aliphatic hydroxyl groups excluding tert-OH is 1. The monoisotopic (exact) mass is 213 g/mol. The van der Waals surface area contributed by atoms with Gasteiger partial charge in [-0.2, -0.15) is 0 Å². The molecule has 0 saturated carbocycles. The van der Waals surface area contributed by atoms with Crippen LogP contribution < -0.4 is 24.0 Å². The summed E-state index contributed by atoms with van der Waals surface area (Å²) in [6.45, 7) is 1.65. The number of carboxylic acid groups (broad SMARTS) is 1. The number of aromatic nitrogens is 1. The summed E-state index contributed by atoms with van der Waals surface area (Å²) in [4.78, 5) is 14.5. The van der Waals surface area contributed by atoms with Crippen LogP contribution in [0.25, 0.3) is 11.1 Å². The van der Waals surface area contributed by atoms with Crippen LogP contribution in [0.15, 0.2) is 22.6 Å². The van der Waals surface area contributed by atoms with Crippen molar-refractivity contribution in [3.05, 3.63) is 29.7 Å². The topological polar surface area (TPSA) is 86.4 Å². The molecule has 0 aliphatic rings. The average Bonchev–Trinajstić information content (AvgIpc) is 2.56. The molecule has 0 amide bonds. The molecule has 0 aliphatic carbocycles. The molecule has 0 saturated heterocycles. The maximum atomic E-state index is 10.5. The molecule has 2 rings (SSSR count). The molecule has 0 radical (unpaired) electrons. The normalized spacial score (nSPS) is 12.1. The molecule has 1 aromatic heterocycles. The van der Waals surface area contributed by atoms with Gasteiger partial charge in [0.1, 0.15) is 11.6 Å². The van der Waals surface area contributed by atoms with Crippen molar-refractivity contribution in [2.45, 2.75) is 13.0 Å². The summed E-state index contributed by atoms with van der Waals surface area (Å²) in [5.74, 6) is -1.13. The van der Waals surface area contributed by atoms with Gasteiger partial charge in [-0.05, 0) is 6.07 Å². The van der Waals surface area contributed by atoms with Gasteiger partial charge >= 0.3 is 18.9 Å². The van der Waals surface area contributed by atoms with E-state index in [9.17, 15) is 15.0 Å². The Bertz CT molecular complexity index is 523. The Morgan fingerprint density at radius 3 is 2.88 bits per heavy atom. The fourth-order valence-corrected chi connectivity index (χ4v) is 1.43. The minimum Gasteiger partial charge on any atom is -0.547 e. The SMILES string of the molecule is Cc1nc2c(C(O)C(=O)[O-])cccc2o1.[Li+]. The molecule has 1 unspecified atom stereocenters. The molecule has 0 fully saturated rings. The van der Waals surface area contributed by atoms with E-state index >= 15 is 0 Å². The zero-order valence-electron chi connectivity index (χ0n) is 8.93. The van der Waals surface area contributed by atoms with Crippen LogP contribution in [-0.2, 0) is 4.79 Å². The second-order valence-corrected chi connectivity index (χ2v) is 3.15. The number of nitrogens with zero attached hydrogens (tertiary/aromatic N) is 1. The quantitative estimate of drug-likeness (QED) is 0.535. The van der Waals surface area contributed by atoms with Gasteiger partial charge in [0.25, 0.3) is 0 Å². The van der Waals surface area contributed by atoms with Crippen molar-refractivity contribution in [3.8, 4) is 0 Å². The van der Waals surface area contributed by atoms with E-state index in [-0.39, 0.29) is 24.4 Å². The number of benzene rings is 1. The van der Waals surface area contributed by atoms with Gasteiger partial charge in [0.05, 0.1) is 5.97 Å². The van der Waals surface area contributed by atoms with E-state index in [1.54, 1.807) is 19.1 Å². The molecular weight excluding hydrogens is 205 g/mol. The number of fused-ring (bicyclic) bond motifs is 1. The number of oxazole rings is 1. The van der Waals surface area contributed by atoms with Crippen molar-refractivity contribution in [1.29, 1.82) is 0 Å². The van der Waals surface area contributed by atoms with Crippen LogP contribution in [0, 0.1) is 6.92 Å². The number of carboxylic acids is 1. The summed E-state index contributed by atoms with van der Waals surface area (Å²) < 4.78 is 5.20. The predicted molar refractivity (Wildman–Crippen MR) is 48.7 cm³/mol. The molecule has 2 aromatic rings. The molecule has 1 atom stereocenters. The summed E-state index contributed by atoms with van der Waals surface area (Å²) in [5.41, 5.74) is 0.987. The van der Waals surface area contributed by atoms with Gasteiger partial charge in [0, 0.05) is 12.5 Å². The first kappa shape index (κ1) is 12.8. The zero-order valence-corrected chi connectivity index (χ0v) is 8.93. The Morgan fingerprint density at radius 1 is 1.56 bits per heavy atom. The van der Waals surface area contributed by atoms with Gasteiger partial charge in [0.15, 0.2) is 11.5 Å². The number of aliphatic hydroxyl groups is 1. The number of carbonyl (C=O) groups excluding carboxylic acids is 1. The van der Waals surface area contributed by atoms with Gasteiger partial charge in [-0.1, -0.05) is 12.1 Å². The average molecular weight is 213 g/mol. The third-order valence-electron chi connectivity index (χ3n) is 2.07. The molecule has 0 bridgehead atoms. The minimum atomic E-state index is -1.68. The standard InChI is InChI=1S/C10H9NO4.Li/c1-5-11-8-6(9(12)10(13)14)3-2-4-7(8)15-5;/h2-4,9,12H,1H3,(H,13,14);/q;+1/p-1. The third-order valence-corrected chi connectivity index (χ3v) is 2.07. The minimum absolute atomic E-state index is 0. The van der Waals surface area contributed by atoms with E-state index in [1.165, 1.54) is 6.07 Å². The zero-order chi connectivity index (χ0) is 11.0. The molecule has 78 valence electrons. The summed E-state index contributed by atoms with van der Waals surface area (Å²) in [5, 5.41) is 19.9. The summed E-state index contributed by atoms with van der Waals surface area (Å²) in [6, 6.07) is 4.72. The van der Waals surface area contributed by atoms with Crippen LogP contribution in [0.5, 0.6) is 0 Å². The number of para-hydroxylation sites is 1. The van der Waals surface area contributed by atoms with Crippen LogP contribution in [0.1, 0.15) is 17.6 Å². The van der Waals surface area contributed by atoms with Crippen LogP contribution in [0.3, 0.4) is 0 Å². The Morgan fingerprint density at radius 2 is 2.25 bits per heavy atom. The smallest absolute Gasteiger partial charge is 0.547 e. The first-order valence-corrected chi connectivity index (χ1v) is 4.34. The summed E-state index contributed by atoms with van der Waals surface area (Å²) in [7, 11) is 0. The van der Waals surface area contributed by atoms with E-state index < -0.39 is 12.1 Å². The number of aliphatic carboxylic acids is 1. The van der Waals surface area contributed by atoms with E-state index in [4.69, 9.17) is 4.42 Å². The molecule has 0 spiro atoms. The van der Waals surface area contributed by atoms with Crippen molar-refractivity contribution in [2.75, 3.05) is 0 Å². The van der Waals surface area contributed by atoms with Gasteiger partial charge in [-0.15, -0.1) is 0 Å². The second kappa shape index (κ2) is 4.70. The maximum absolute atomic E-state index is 10.5. The number of hydrogen-bond donors (Lipinski definition) is 1. The number of hydrogen-bond acceptors (Lipinski definition) is 5. The molecule has 0 aliphatic heterocycles. The van der Waals surface area contributed by atoms with Crippen LogP contribution in [0.2, 0.25) is 0 Å². The Kier molecular flexibility index (Phi) is 3.76. The molecular formula is C10H8LiNO4. The van der Waals surface area contributed by atoms with Gasteiger partial charge in [-0.25, -0.2) is 4.98 Å². The van der Waals surface area contributed by atoms with Crippen molar-refractivity contribution < 1.29 is 38.3 Å².